The number of alkyl halides is 1. The van der Waals surface area contributed by atoms with Crippen molar-refractivity contribution in [2.24, 2.45) is 0 Å². The quantitative estimate of drug-likeness (QED) is 0.750. The zero-order valence-corrected chi connectivity index (χ0v) is 13.0. The summed E-state index contributed by atoms with van der Waals surface area (Å²) in [6, 6.07) is 10.5. The lowest BCUT2D eigenvalue weighted by Gasteiger charge is -2.20. The maximum atomic E-state index is 4.70. The van der Waals surface area contributed by atoms with Crippen LogP contribution in [0.1, 0.15) is 30.1 Å². The first-order valence-corrected chi connectivity index (χ1v) is 8.45. The van der Waals surface area contributed by atoms with Crippen LogP contribution in [0.15, 0.2) is 30.3 Å². The third-order valence-corrected chi connectivity index (χ3v) is 4.36. The van der Waals surface area contributed by atoms with Gasteiger partial charge in [0.05, 0.1) is 0 Å². The van der Waals surface area contributed by atoms with Crippen molar-refractivity contribution in [3.8, 4) is 0 Å². The number of hydrogen-bond donors (Lipinski definition) is 0. The SMILES string of the molecule is BrCCN(Cc1ccccc1)c1nc(C2CC2)ns1. The van der Waals surface area contributed by atoms with E-state index in [1.165, 1.54) is 29.9 Å². The van der Waals surface area contributed by atoms with Gasteiger partial charge in [-0.3, -0.25) is 0 Å². The minimum atomic E-state index is 0.632. The second-order valence-corrected chi connectivity index (χ2v) is 6.33. The molecule has 0 N–H and O–H groups in total. The fraction of sp³-hybridized carbons (Fsp3) is 0.429. The molecule has 1 aromatic carbocycles. The third kappa shape index (κ3) is 3.34. The van der Waals surface area contributed by atoms with E-state index >= 15 is 0 Å². The van der Waals surface area contributed by atoms with Crippen LogP contribution >= 0.6 is 27.5 Å². The Morgan fingerprint density at radius 2 is 2.05 bits per heavy atom. The van der Waals surface area contributed by atoms with Crippen molar-refractivity contribution < 1.29 is 0 Å². The molecular weight excluding hydrogens is 322 g/mol. The Morgan fingerprint density at radius 1 is 1.26 bits per heavy atom. The highest BCUT2D eigenvalue weighted by atomic mass is 79.9. The van der Waals surface area contributed by atoms with Crippen molar-refractivity contribution in [2.75, 3.05) is 16.8 Å². The molecule has 0 spiro atoms. The number of benzene rings is 1. The summed E-state index contributed by atoms with van der Waals surface area (Å²) in [7, 11) is 0. The first-order chi connectivity index (χ1) is 9.36. The minimum absolute atomic E-state index is 0.632. The molecular formula is C14H16BrN3S. The first kappa shape index (κ1) is 13.1. The number of nitrogens with zero attached hydrogens (tertiary/aromatic N) is 3. The molecule has 1 aliphatic carbocycles. The van der Waals surface area contributed by atoms with E-state index in [1.54, 1.807) is 0 Å². The van der Waals surface area contributed by atoms with Crippen LogP contribution in [0.3, 0.4) is 0 Å². The van der Waals surface area contributed by atoms with E-state index in [9.17, 15) is 0 Å². The molecule has 0 bridgehead atoms. The highest BCUT2D eigenvalue weighted by molar-refractivity contribution is 9.09. The van der Waals surface area contributed by atoms with E-state index in [-0.39, 0.29) is 0 Å². The molecule has 1 heterocycles. The molecule has 0 aliphatic heterocycles. The fourth-order valence-corrected chi connectivity index (χ4v) is 3.21. The van der Waals surface area contributed by atoms with Crippen LogP contribution in [0.5, 0.6) is 0 Å². The lowest BCUT2D eigenvalue weighted by Crippen LogP contribution is -2.24. The van der Waals surface area contributed by atoms with Gasteiger partial charge in [0, 0.05) is 35.9 Å². The molecule has 0 unspecified atom stereocenters. The van der Waals surface area contributed by atoms with Crippen molar-refractivity contribution in [2.45, 2.75) is 25.3 Å². The Kier molecular flexibility index (Phi) is 4.13. The molecule has 0 radical (unpaired) electrons. The Labute approximate surface area is 126 Å². The van der Waals surface area contributed by atoms with Gasteiger partial charge in [-0.25, -0.2) is 4.98 Å². The Balaban J connectivity index is 1.75. The van der Waals surface area contributed by atoms with Gasteiger partial charge in [0.25, 0.3) is 0 Å². The van der Waals surface area contributed by atoms with Crippen LogP contribution in [0.4, 0.5) is 5.13 Å². The monoisotopic (exact) mass is 337 g/mol. The molecule has 3 rings (SSSR count). The van der Waals surface area contributed by atoms with Crippen molar-refractivity contribution in [1.82, 2.24) is 9.36 Å². The molecule has 100 valence electrons. The average molecular weight is 338 g/mol. The maximum Gasteiger partial charge on any atom is 0.205 e. The predicted molar refractivity (Wildman–Crippen MR) is 83.2 cm³/mol. The van der Waals surface area contributed by atoms with Gasteiger partial charge in [-0.2, -0.15) is 4.37 Å². The summed E-state index contributed by atoms with van der Waals surface area (Å²) in [5, 5.41) is 1.99. The van der Waals surface area contributed by atoms with Crippen LogP contribution in [-0.2, 0) is 6.54 Å². The summed E-state index contributed by atoms with van der Waals surface area (Å²) in [5.74, 6) is 1.68. The van der Waals surface area contributed by atoms with E-state index in [0.29, 0.717) is 5.92 Å². The van der Waals surface area contributed by atoms with E-state index in [4.69, 9.17) is 4.98 Å². The fourth-order valence-electron chi connectivity index (χ4n) is 2.01. The van der Waals surface area contributed by atoms with Gasteiger partial charge >= 0.3 is 0 Å². The van der Waals surface area contributed by atoms with E-state index < -0.39 is 0 Å². The summed E-state index contributed by atoms with van der Waals surface area (Å²) in [6.07, 6.45) is 2.51. The molecule has 1 aromatic heterocycles. The maximum absolute atomic E-state index is 4.70. The van der Waals surface area contributed by atoms with Gasteiger partial charge in [0.2, 0.25) is 5.13 Å². The second-order valence-electron chi connectivity index (χ2n) is 4.81. The number of aromatic nitrogens is 2. The van der Waals surface area contributed by atoms with Crippen LogP contribution in [-0.4, -0.2) is 21.2 Å². The second kappa shape index (κ2) is 6.01. The predicted octanol–water partition coefficient (Wildman–Crippen LogP) is 3.82. The van der Waals surface area contributed by atoms with Crippen molar-refractivity contribution >= 4 is 32.6 Å². The summed E-state index contributed by atoms with van der Waals surface area (Å²) < 4.78 is 4.50. The van der Waals surface area contributed by atoms with Gasteiger partial charge in [-0.15, -0.1) is 0 Å². The van der Waals surface area contributed by atoms with E-state index in [1.807, 2.05) is 0 Å². The summed E-state index contributed by atoms with van der Waals surface area (Å²) >= 11 is 5.05. The molecule has 19 heavy (non-hydrogen) atoms. The summed E-state index contributed by atoms with van der Waals surface area (Å²) in [5.41, 5.74) is 1.31. The number of hydrogen-bond acceptors (Lipinski definition) is 4. The average Bonchev–Trinajstić information content (AvgIpc) is 3.17. The zero-order valence-electron chi connectivity index (χ0n) is 10.6. The minimum Gasteiger partial charge on any atom is -0.342 e. The molecule has 0 amide bonds. The van der Waals surface area contributed by atoms with E-state index in [2.05, 4.69) is 55.5 Å². The van der Waals surface area contributed by atoms with Crippen molar-refractivity contribution in [1.29, 1.82) is 0 Å². The Hall–Kier alpha value is -0.940. The zero-order chi connectivity index (χ0) is 13.1. The smallest absolute Gasteiger partial charge is 0.205 e. The van der Waals surface area contributed by atoms with Crippen molar-refractivity contribution in [3.63, 3.8) is 0 Å². The molecule has 0 atom stereocenters. The van der Waals surface area contributed by atoms with Crippen molar-refractivity contribution in [3.05, 3.63) is 41.7 Å². The van der Waals surface area contributed by atoms with Crippen LogP contribution in [0.2, 0.25) is 0 Å². The van der Waals surface area contributed by atoms with Crippen LogP contribution < -0.4 is 4.90 Å². The molecule has 1 fully saturated rings. The lowest BCUT2D eigenvalue weighted by atomic mass is 10.2. The standard InChI is InChI=1S/C14H16BrN3S/c15-8-9-18(10-11-4-2-1-3-5-11)14-16-13(17-19-14)12-6-7-12/h1-5,12H,6-10H2. The molecule has 3 nitrogen and oxygen atoms in total. The van der Waals surface area contributed by atoms with Gasteiger partial charge in [-0.1, -0.05) is 46.3 Å². The Morgan fingerprint density at radius 3 is 2.74 bits per heavy atom. The van der Waals surface area contributed by atoms with Crippen LogP contribution in [0.25, 0.3) is 0 Å². The van der Waals surface area contributed by atoms with Gasteiger partial charge in [0.1, 0.15) is 5.82 Å². The largest absolute Gasteiger partial charge is 0.342 e. The highest BCUT2D eigenvalue weighted by Crippen LogP contribution is 2.39. The summed E-state index contributed by atoms with van der Waals surface area (Å²) in [6.45, 7) is 1.85. The molecule has 1 saturated carbocycles. The van der Waals surface area contributed by atoms with E-state index in [0.717, 1.165) is 29.4 Å². The highest BCUT2D eigenvalue weighted by Gasteiger charge is 2.28. The van der Waals surface area contributed by atoms with Gasteiger partial charge in [0.15, 0.2) is 0 Å². The third-order valence-electron chi connectivity index (χ3n) is 3.21. The topological polar surface area (TPSA) is 29.0 Å². The lowest BCUT2D eigenvalue weighted by molar-refractivity contribution is 0.826. The molecule has 0 saturated heterocycles. The van der Waals surface area contributed by atoms with Gasteiger partial charge in [-0.05, 0) is 18.4 Å². The first-order valence-electron chi connectivity index (χ1n) is 6.55. The van der Waals surface area contributed by atoms with Gasteiger partial charge < -0.3 is 4.90 Å². The molecule has 1 aliphatic rings. The molecule has 5 heteroatoms. The number of anilines is 1. The summed E-state index contributed by atoms with van der Waals surface area (Å²) in [4.78, 5) is 7.00. The Bertz CT molecular complexity index is 524. The number of halogens is 1. The van der Waals surface area contributed by atoms with Crippen LogP contribution in [0, 0.1) is 0 Å². The molecule has 2 aromatic rings. The normalized spacial score (nSPS) is 14.6. The number of rotatable bonds is 6.